The van der Waals surface area contributed by atoms with Crippen LogP contribution in [0.5, 0.6) is 0 Å². The highest BCUT2D eigenvalue weighted by atomic mass is 16.6. The van der Waals surface area contributed by atoms with Crippen molar-refractivity contribution in [3.8, 4) is 0 Å². The molecule has 0 bridgehead atoms. The van der Waals surface area contributed by atoms with E-state index in [-0.39, 0.29) is 19.7 Å². The summed E-state index contributed by atoms with van der Waals surface area (Å²) in [7, 11) is 0. The van der Waals surface area contributed by atoms with Crippen molar-refractivity contribution in [3.63, 3.8) is 0 Å². The number of carbonyl (C=O) groups excluding carboxylic acids is 2. The first kappa shape index (κ1) is 16.3. The molecule has 0 aromatic carbocycles. The van der Waals surface area contributed by atoms with Gasteiger partial charge in [-0.1, -0.05) is 0 Å². The molecule has 0 aliphatic heterocycles. The smallest absolute Gasteiger partial charge is 0.325 e. The Bertz CT molecular complexity index is 609. The van der Waals surface area contributed by atoms with E-state index >= 15 is 0 Å². The lowest BCUT2D eigenvalue weighted by molar-refractivity contribution is -0.385. The summed E-state index contributed by atoms with van der Waals surface area (Å²) in [5, 5.41) is 10.7. The lowest BCUT2D eigenvalue weighted by atomic mass is 10.2. The van der Waals surface area contributed by atoms with E-state index in [1.807, 2.05) is 0 Å². The average molecular weight is 297 g/mol. The van der Waals surface area contributed by atoms with Crippen molar-refractivity contribution in [2.24, 2.45) is 0 Å². The summed E-state index contributed by atoms with van der Waals surface area (Å²) in [6.45, 7) is 3.23. The normalized spacial score (nSPS) is 10.0. The summed E-state index contributed by atoms with van der Waals surface area (Å²) in [6, 6.07) is 0.884. The Hall–Kier alpha value is -2.71. The predicted octanol–water partition coefficient (Wildman–Crippen LogP) is 0.308. The van der Waals surface area contributed by atoms with Crippen molar-refractivity contribution < 1.29 is 19.2 Å². The molecule has 1 rings (SSSR count). The van der Waals surface area contributed by atoms with Crippen molar-refractivity contribution in [1.29, 1.82) is 0 Å². The molecule has 9 nitrogen and oxygen atoms in total. The summed E-state index contributed by atoms with van der Waals surface area (Å²) >= 11 is 0. The standard InChI is InChI=1S/C12H15N3O6/c1-3-14(7-10(16)21-4-2)12(18)9-5-8(15(19)20)6-13-11(9)17/h5-6H,3-4,7H2,1-2H3,(H,13,17). The quantitative estimate of drug-likeness (QED) is 0.458. The number of carbonyl (C=O) groups is 2. The summed E-state index contributed by atoms with van der Waals surface area (Å²) < 4.78 is 4.73. The molecule has 0 atom stereocenters. The van der Waals surface area contributed by atoms with Crippen LogP contribution in [0.4, 0.5) is 5.69 Å². The number of esters is 1. The zero-order chi connectivity index (χ0) is 16.0. The zero-order valence-corrected chi connectivity index (χ0v) is 11.6. The minimum absolute atomic E-state index is 0.153. The molecule has 0 radical (unpaired) electrons. The van der Waals surface area contributed by atoms with E-state index in [4.69, 9.17) is 4.74 Å². The minimum Gasteiger partial charge on any atom is -0.465 e. The molecular formula is C12H15N3O6. The Balaban J connectivity index is 3.05. The van der Waals surface area contributed by atoms with Gasteiger partial charge in [0.25, 0.3) is 17.2 Å². The fourth-order valence-corrected chi connectivity index (χ4v) is 1.60. The van der Waals surface area contributed by atoms with Crippen molar-refractivity contribution >= 4 is 17.6 Å². The Morgan fingerprint density at radius 2 is 2.10 bits per heavy atom. The first-order chi connectivity index (χ1) is 9.90. The molecule has 0 spiro atoms. The highest BCUT2D eigenvalue weighted by Gasteiger charge is 2.22. The zero-order valence-electron chi connectivity index (χ0n) is 11.6. The SMILES string of the molecule is CCOC(=O)CN(CC)C(=O)c1cc([N+](=O)[O-])c[nH]c1=O. The van der Waals surface area contributed by atoms with Gasteiger partial charge in [0, 0.05) is 12.6 Å². The van der Waals surface area contributed by atoms with Gasteiger partial charge in [0.1, 0.15) is 12.1 Å². The number of pyridine rings is 1. The molecule has 114 valence electrons. The van der Waals surface area contributed by atoms with E-state index in [2.05, 4.69) is 4.98 Å². The second kappa shape index (κ2) is 7.17. The number of aromatic nitrogens is 1. The van der Waals surface area contributed by atoms with Gasteiger partial charge in [-0.25, -0.2) is 0 Å². The molecule has 0 saturated heterocycles. The maximum atomic E-state index is 12.2. The van der Waals surface area contributed by atoms with E-state index in [0.717, 1.165) is 17.2 Å². The van der Waals surface area contributed by atoms with Crippen molar-refractivity contribution in [2.45, 2.75) is 13.8 Å². The third-order valence-electron chi connectivity index (χ3n) is 2.62. The van der Waals surface area contributed by atoms with Crippen LogP contribution in [0.15, 0.2) is 17.1 Å². The maximum Gasteiger partial charge on any atom is 0.325 e. The van der Waals surface area contributed by atoms with Gasteiger partial charge in [-0.05, 0) is 13.8 Å². The predicted molar refractivity (Wildman–Crippen MR) is 71.9 cm³/mol. The monoisotopic (exact) mass is 297 g/mol. The van der Waals surface area contributed by atoms with Gasteiger partial charge in [0.15, 0.2) is 0 Å². The fourth-order valence-electron chi connectivity index (χ4n) is 1.60. The van der Waals surface area contributed by atoms with E-state index in [1.54, 1.807) is 13.8 Å². The number of ether oxygens (including phenoxy) is 1. The van der Waals surface area contributed by atoms with Gasteiger partial charge >= 0.3 is 5.97 Å². The number of nitrogens with one attached hydrogen (secondary N) is 1. The van der Waals surface area contributed by atoms with E-state index in [1.165, 1.54) is 0 Å². The maximum absolute atomic E-state index is 12.2. The van der Waals surface area contributed by atoms with Gasteiger partial charge < -0.3 is 14.6 Å². The average Bonchev–Trinajstić information content (AvgIpc) is 2.44. The molecule has 1 heterocycles. The molecule has 0 saturated carbocycles. The van der Waals surface area contributed by atoms with Crippen LogP contribution in [0.25, 0.3) is 0 Å². The number of H-pyrrole nitrogens is 1. The first-order valence-electron chi connectivity index (χ1n) is 6.22. The molecular weight excluding hydrogens is 282 g/mol. The number of amides is 1. The molecule has 1 aromatic rings. The Labute approximate surface area is 119 Å². The first-order valence-corrected chi connectivity index (χ1v) is 6.22. The topological polar surface area (TPSA) is 123 Å². The Morgan fingerprint density at radius 1 is 1.43 bits per heavy atom. The number of likely N-dealkylation sites (N-methyl/N-ethyl adjacent to an activating group) is 1. The van der Waals surface area contributed by atoms with Crippen LogP contribution in [-0.2, 0) is 9.53 Å². The summed E-state index contributed by atoms with van der Waals surface area (Å²) in [6.07, 6.45) is 0.904. The van der Waals surface area contributed by atoms with Crippen molar-refractivity contribution in [2.75, 3.05) is 19.7 Å². The largest absolute Gasteiger partial charge is 0.465 e. The second-order valence-electron chi connectivity index (χ2n) is 3.98. The van der Waals surface area contributed by atoms with Crippen LogP contribution in [0, 0.1) is 10.1 Å². The van der Waals surface area contributed by atoms with Gasteiger partial charge in [-0.3, -0.25) is 24.5 Å². The second-order valence-corrected chi connectivity index (χ2v) is 3.98. The Morgan fingerprint density at radius 3 is 2.62 bits per heavy atom. The van der Waals surface area contributed by atoms with Crippen molar-refractivity contribution in [1.82, 2.24) is 9.88 Å². The molecule has 0 fully saturated rings. The van der Waals surface area contributed by atoms with Crippen LogP contribution in [0.1, 0.15) is 24.2 Å². The van der Waals surface area contributed by atoms with Gasteiger partial charge in [-0.15, -0.1) is 0 Å². The highest BCUT2D eigenvalue weighted by molar-refractivity contribution is 5.96. The Kier molecular flexibility index (Phi) is 5.58. The fraction of sp³-hybridized carbons (Fsp3) is 0.417. The van der Waals surface area contributed by atoms with E-state index in [9.17, 15) is 24.5 Å². The van der Waals surface area contributed by atoms with E-state index < -0.39 is 33.6 Å². The number of nitro groups is 1. The third kappa shape index (κ3) is 4.13. The summed E-state index contributed by atoms with van der Waals surface area (Å²) in [4.78, 5) is 48.4. The van der Waals surface area contributed by atoms with Gasteiger partial charge in [0.2, 0.25) is 0 Å². The molecule has 0 unspecified atom stereocenters. The lowest BCUT2D eigenvalue weighted by Crippen LogP contribution is -2.38. The molecule has 21 heavy (non-hydrogen) atoms. The molecule has 0 aliphatic carbocycles. The number of hydrogen-bond donors (Lipinski definition) is 1. The third-order valence-corrected chi connectivity index (χ3v) is 2.62. The van der Waals surface area contributed by atoms with Crippen LogP contribution in [-0.4, -0.2) is 46.4 Å². The molecule has 1 amide bonds. The number of rotatable bonds is 6. The molecule has 9 heteroatoms. The van der Waals surface area contributed by atoms with Gasteiger partial charge in [-0.2, -0.15) is 0 Å². The summed E-state index contributed by atoms with van der Waals surface area (Å²) in [5.74, 6) is -1.38. The molecule has 1 N–H and O–H groups in total. The molecule has 0 aliphatic rings. The van der Waals surface area contributed by atoms with Crippen molar-refractivity contribution in [3.05, 3.63) is 38.3 Å². The number of aromatic amines is 1. The van der Waals surface area contributed by atoms with Crippen LogP contribution in [0.2, 0.25) is 0 Å². The van der Waals surface area contributed by atoms with E-state index in [0.29, 0.717) is 0 Å². The number of hydrogen-bond acceptors (Lipinski definition) is 6. The van der Waals surface area contributed by atoms with Gasteiger partial charge in [0.05, 0.1) is 17.7 Å². The molecule has 1 aromatic heterocycles. The summed E-state index contributed by atoms with van der Waals surface area (Å²) in [5.41, 5.74) is -1.56. The van der Waals surface area contributed by atoms with Crippen LogP contribution < -0.4 is 5.56 Å². The van der Waals surface area contributed by atoms with Crippen LogP contribution >= 0.6 is 0 Å². The van der Waals surface area contributed by atoms with Crippen LogP contribution in [0.3, 0.4) is 0 Å². The highest BCUT2D eigenvalue weighted by Crippen LogP contribution is 2.10. The number of nitrogens with zero attached hydrogens (tertiary/aromatic N) is 2. The minimum atomic E-state index is -0.768. The lowest BCUT2D eigenvalue weighted by Gasteiger charge is -2.19.